The van der Waals surface area contributed by atoms with Gasteiger partial charge in [0.15, 0.2) is 5.12 Å². The Morgan fingerprint density at radius 3 is 2.56 bits per heavy atom. The predicted octanol–water partition coefficient (Wildman–Crippen LogP) is 2.50. The van der Waals surface area contributed by atoms with Crippen LogP contribution in [-0.2, 0) is 14.3 Å². The topological polar surface area (TPSA) is 84.9 Å². The predicted molar refractivity (Wildman–Crippen MR) is 97.4 cm³/mol. The van der Waals surface area contributed by atoms with Gasteiger partial charge < -0.3 is 19.7 Å². The highest BCUT2D eigenvalue weighted by atomic mass is 32.2. The van der Waals surface area contributed by atoms with Crippen LogP contribution in [0.5, 0.6) is 0 Å². The molecule has 1 aliphatic rings. The summed E-state index contributed by atoms with van der Waals surface area (Å²) < 4.78 is 9.88. The van der Waals surface area contributed by atoms with Gasteiger partial charge in [0, 0.05) is 25.3 Å². The van der Waals surface area contributed by atoms with Crippen LogP contribution in [0.15, 0.2) is 37.5 Å². The largest absolute Gasteiger partial charge is 0.445 e. The van der Waals surface area contributed by atoms with E-state index in [1.54, 1.807) is 11.0 Å². The summed E-state index contributed by atoms with van der Waals surface area (Å²) in [5.74, 6) is 0. The average Bonchev–Trinajstić information content (AvgIpc) is 2.96. The summed E-state index contributed by atoms with van der Waals surface area (Å²) in [6.07, 6.45) is 6.21. The molecule has 0 aromatic heterocycles. The Balaban J connectivity index is 2.58. The molecule has 0 radical (unpaired) electrons. The van der Waals surface area contributed by atoms with Gasteiger partial charge in [0.1, 0.15) is 13.2 Å². The van der Waals surface area contributed by atoms with Crippen molar-refractivity contribution < 1.29 is 23.9 Å². The third-order valence-corrected chi connectivity index (χ3v) is 4.26. The minimum atomic E-state index is -0.539. The molecular weight excluding hydrogens is 344 g/mol. The highest BCUT2D eigenvalue weighted by molar-refractivity contribution is 8.14. The van der Waals surface area contributed by atoms with E-state index in [9.17, 15) is 14.4 Å². The number of carbonyl (C=O) groups is 3. The minimum absolute atomic E-state index is 0.0145. The molecule has 0 bridgehead atoms. The molecule has 2 amide bonds. The fraction of sp³-hybridized carbons (Fsp3) is 0.471. The van der Waals surface area contributed by atoms with Gasteiger partial charge in [-0.25, -0.2) is 9.59 Å². The van der Waals surface area contributed by atoms with Gasteiger partial charge in [0.25, 0.3) is 0 Å². The van der Waals surface area contributed by atoms with Gasteiger partial charge in [-0.05, 0) is 6.42 Å². The molecule has 1 rings (SSSR count). The summed E-state index contributed by atoms with van der Waals surface area (Å²) in [6.45, 7) is 9.46. The molecule has 1 saturated heterocycles. The smallest absolute Gasteiger partial charge is 0.410 e. The Morgan fingerprint density at radius 2 is 1.92 bits per heavy atom. The Hall–Kier alpha value is -2.22. The fourth-order valence-corrected chi connectivity index (χ4v) is 3.30. The average molecular weight is 368 g/mol. The number of ether oxygens (including phenoxy) is 2. The van der Waals surface area contributed by atoms with Gasteiger partial charge in [-0.3, -0.25) is 4.79 Å². The SMILES string of the molecule is C=CCOC(=O)NCC=C[C@@H]1C[C@H](SC(C)=O)CN1C(=O)OCC=C. The molecule has 138 valence electrons. The Bertz CT molecular complexity index is 535. The molecule has 25 heavy (non-hydrogen) atoms. The van der Waals surface area contributed by atoms with Crippen LogP contribution in [0.4, 0.5) is 9.59 Å². The molecular formula is C17H24N2O5S. The monoisotopic (exact) mass is 368 g/mol. The lowest BCUT2D eigenvalue weighted by molar-refractivity contribution is -0.109. The number of amides is 2. The highest BCUT2D eigenvalue weighted by Gasteiger charge is 2.35. The van der Waals surface area contributed by atoms with E-state index in [4.69, 9.17) is 9.47 Å². The molecule has 1 N–H and O–H groups in total. The second kappa shape index (κ2) is 11.4. The van der Waals surface area contributed by atoms with Crippen molar-refractivity contribution in [2.24, 2.45) is 0 Å². The van der Waals surface area contributed by atoms with Crippen LogP contribution in [0.25, 0.3) is 0 Å². The zero-order valence-corrected chi connectivity index (χ0v) is 15.1. The molecule has 2 atom stereocenters. The summed E-state index contributed by atoms with van der Waals surface area (Å²) in [7, 11) is 0. The first-order valence-electron chi connectivity index (χ1n) is 7.87. The van der Waals surface area contributed by atoms with Crippen molar-refractivity contribution in [3.63, 3.8) is 0 Å². The van der Waals surface area contributed by atoms with Gasteiger partial charge in [-0.15, -0.1) is 0 Å². The number of rotatable bonds is 8. The van der Waals surface area contributed by atoms with Gasteiger partial charge >= 0.3 is 12.2 Å². The van der Waals surface area contributed by atoms with Crippen LogP contribution in [-0.4, -0.2) is 59.8 Å². The minimum Gasteiger partial charge on any atom is -0.445 e. The zero-order chi connectivity index (χ0) is 18.7. The number of carbonyl (C=O) groups excluding carboxylic acids is 3. The molecule has 0 aliphatic carbocycles. The quantitative estimate of drug-likeness (QED) is 0.663. The van der Waals surface area contributed by atoms with E-state index in [0.29, 0.717) is 13.0 Å². The van der Waals surface area contributed by atoms with Crippen LogP contribution in [0.1, 0.15) is 13.3 Å². The highest BCUT2D eigenvalue weighted by Crippen LogP contribution is 2.29. The van der Waals surface area contributed by atoms with Crippen molar-refractivity contribution in [2.45, 2.75) is 24.6 Å². The second-order valence-corrected chi connectivity index (χ2v) is 6.73. The summed E-state index contributed by atoms with van der Waals surface area (Å²) in [5.41, 5.74) is 0. The Labute approximate surface area is 152 Å². The molecule has 1 heterocycles. The summed E-state index contributed by atoms with van der Waals surface area (Å²) in [5, 5.41) is 2.60. The first-order chi connectivity index (χ1) is 12.0. The number of hydrogen-bond donors (Lipinski definition) is 1. The number of thioether (sulfide) groups is 1. The van der Waals surface area contributed by atoms with Crippen molar-refractivity contribution in [3.8, 4) is 0 Å². The maximum Gasteiger partial charge on any atom is 0.410 e. The molecule has 1 aliphatic heterocycles. The van der Waals surface area contributed by atoms with E-state index >= 15 is 0 Å². The molecule has 0 saturated carbocycles. The zero-order valence-electron chi connectivity index (χ0n) is 14.3. The van der Waals surface area contributed by atoms with E-state index in [1.807, 2.05) is 6.08 Å². The van der Waals surface area contributed by atoms with Gasteiger partial charge in [-0.2, -0.15) is 0 Å². The first-order valence-corrected chi connectivity index (χ1v) is 8.75. The first kappa shape index (κ1) is 20.8. The molecule has 0 spiro atoms. The molecule has 0 aromatic carbocycles. The van der Waals surface area contributed by atoms with E-state index in [-0.39, 0.29) is 36.2 Å². The number of nitrogens with one attached hydrogen (secondary N) is 1. The lowest BCUT2D eigenvalue weighted by atomic mass is 10.2. The summed E-state index contributed by atoms with van der Waals surface area (Å²) >= 11 is 1.22. The lowest BCUT2D eigenvalue weighted by Gasteiger charge is -2.21. The summed E-state index contributed by atoms with van der Waals surface area (Å²) in [4.78, 5) is 36.3. The molecule has 0 aromatic rings. The van der Waals surface area contributed by atoms with Crippen LogP contribution in [0.3, 0.4) is 0 Å². The van der Waals surface area contributed by atoms with Crippen LogP contribution in [0, 0.1) is 0 Å². The van der Waals surface area contributed by atoms with E-state index in [2.05, 4.69) is 18.5 Å². The Kier molecular flexibility index (Phi) is 9.46. The summed E-state index contributed by atoms with van der Waals surface area (Å²) in [6, 6.07) is -0.194. The maximum atomic E-state index is 12.1. The number of likely N-dealkylation sites (tertiary alicyclic amines) is 1. The van der Waals surface area contributed by atoms with E-state index in [0.717, 1.165) is 0 Å². The van der Waals surface area contributed by atoms with Crippen molar-refractivity contribution in [1.82, 2.24) is 10.2 Å². The maximum absolute atomic E-state index is 12.1. The van der Waals surface area contributed by atoms with Gasteiger partial charge in [-0.1, -0.05) is 49.2 Å². The van der Waals surface area contributed by atoms with Crippen molar-refractivity contribution in [2.75, 3.05) is 26.3 Å². The van der Waals surface area contributed by atoms with E-state index < -0.39 is 12.2 Å². The lowest BCUT2D eigenvalue weighted by Crippen LogP contribution is -2.35. The third-order valence-electron chi connectivity index (χ3n) is 3.25. The van der Waals surface area contributed by atoms with Gasteiger partial charge in [0.2, 0.25) is 0 Å². The van der Waals surface area contributed by atoms with Crippen LogP contribution < -0.4 is 5.32 Å². The number of hydrogen-bond acceptors (Lipinski definition) is 6. The third kappa shape index (κ3) is 7.93. The van der Waals surface area contributed by atoms with Crippen LogP contribution >= 0.6 is 11.8 Å². The molecule has 0 unspecified atom stereocenters. The van der Waals surface area contributed by atoms with Crippen molar-refractivity contribution in [1.29, 1.82) is 0 Å². The normalized spacial score (nSPS) is 19.5. The molecule has 8 heteroatoms. The number of alkyl carbamates (subject to hydrolysis) is 1. The fourth-order valence-electron chi connectivity index (χ4n) is 2.30. The standard InChI is InChI=1S/C17H24N2O5S/c1-4-9-23-16(21)18-8-6-7-14-11-15(25-13(3)20)12-19(14)17(22)24-10-5-2/h4-7,14-15H,1-2,8-12H2,3H3,(H,18,21)/t14-,15+/m1/s1. The second-order valence-electron chi connectivity index (χ2n) is 5.25. The number of nitrogens with zero attached hydrogens (tertiary/aromatic N) is 1. The van der Waals surface area contributed by atoms with E-state index in [1.165, 1.54) is 30.8 Å². The molecule has 7 nitrogen and oxygen atoms in total. The Morgan fingerprint density at radius 1 is 1.24 bits per heavy atom. The van der Waals surface area contributed by atoms with Crippen molar-refractivity contribution in [3.05, 3.63) is 37.5 Å². The van der Waals surface area contributed by atoms with Crippen molar-refractivity contribution >= 4 is 29.1 Å². The molecule has 1 fully saturated rings. The van der Waals surface area contributed by atoms with Crippen LogP contribution in [0.2, 0.25) is 0 Å². The van der Waals surface area contributed by atoms with Gasteiger partial charge in [0.05, 0.1) is 6.04 Å².